The van der Waals surface area contributed by atoms with Crippen molar-refractivity contribution in [2.75, 3.05) is 0 Å². The summed E-state index contributed by atoms with van der Waals surface area (Å²) in [5.41, 5.74) is 8.15. The van der Waals surface area contributed by atoms with Gasteiger partial charge in [0.25, 0.3) is 11.5 Å². The molecular weight excluding hydrogens is 278 g/mol. The SMILES string of the molecule is Cc1ccc(-n2c(C(N)=O)nc3ccccc3c2=O)c(C)c1. The first-order valence-corrected chi connectivity index (χ1v) is 6.88. The molecule has 0 aliphatic rings. The average molecular weight is 293 g/mol. The Balaban J connectivity index is 2.46. The number of carbonyl (C=O) groups excluding carboxylic acids is 1. The molecule has 22 heavy (non-hydrogen) atoms. The molecular formula is C17H15N3O2. The summed E-state index contributed by atoms with van der Waals surface area (Å²) in [6.45, 7) is 3.85. The highest BCUT2D eigenvalue weighted by atomic mass is 16.2. The van der Waals surface area contributed by atoms with Gasteiger partial charge in [-0.2, -0.15) is 0 Å². The second-order valence-electron chi connectivity index (χ2n) is 5.25. The number of nitrogens with two attached hydrogens (primary N) is 1. The molecule has 110 valence electrons. The Kier molecular flexibility index (Phi) is 3.25. The van der Waals surface area contributed by atoms with Crippen LogP contribution >= 0.6 is 0 Å². The zero-order chi connectivity index (χ0) is 15.9. The van der Waals surface area contributed by atoms with Crippen LogP contribution in [0.4, 0.5) is 0 Å². The summed E-state index contributed by atoms with van der Waals surface area (Å²) in [6.07, 6.45) is 0. The molecule has 5 nitrogen and oxygen atoms in total. The molecule has 0 saturated heterocycles. The van der Waals surface area contributed by atoms with Crippen molar-refractivity contribution < 1.29 is 4.79 Å². The van der Waals surface area contributed by atoms with Gasteiger partial charge in [0.15, 0.2) is 0 Å². The summed E-state index contributed by atoms with van der Waals surface area (Å²) >= 11 is 0. The van der Waals surface area contributed by atoms with Crippen molar-refractivity contribution in [2.24, 2.45) is 5.73 Å². The van der Waals surface area contributed by atoms with Crippen molar-refractivity contribution in [3.05, 3.63) is 69.8 Å². The number of para-hydroxylation sites is 1. The number of hydrogen-bond acceptors (Lipinski definition) is 3. The molecule has 0 aliphatic heterocycles. The van der Waals surface area contributed by atoms with Gasteiger partial charge < -0.3 is 5.73 Å². The monoisotopic (exact) mass is 293 g/mol. The van der Waals surface area contributed by atoms with E-state index in [1.54, 1.807) is 30.3 Å². The van der Waals surface area contributed by atoms with Crippen LogP contribution in [0.15, 0.2) is 47.3 Å². The van der Waals surface area contributed by atoms with Gasteiger partial charge in [-0.25, -0.2) is 4.98 Å². The molecule has 0 radical (unpaired) electrons. The minimum atomic E-state index is -0.733. The number of primary amides is 1. The van der Waals surface area contributed by atoms with E-state index < -0.39 is 5.91 Å². The molecule has 0 atom stereocenters. The lowest BCUT2D eigenvalue weighted by Crippen LogP contribution is -2.30. The van der Waals surface area contributed by atoms with Crippen LogP contribution in [0.5, 0.6) is 0 Å². The predicted molar refractivity (Wildman–Crippen MR) is 85.3 cm³/mol. The summed E-state index contributed by atoms with van der Waals surface area (Å²) in [5, 5.41) is 0.451. The van der Waals surface area contributed by atoms with Gasteiger partial charge in [0.1, 0.15) is 0 Å². The summed E-state index contributed by atoms with van der Waals surface area (Å²) in [4.78, 5) is 28.8. The number of fused-ring (bicyclic) bond motifs is 1. The maximum Gasteiger partial charge on any atom is 0.285 e. The van der Waals surface area contributed by atoms with Gasteiger partial charge in [-0.3, -0.25) is 14.2 Å². The van der Waals surface area contributed by atoms with E-state index in [0.29, 0.717) is 16.6 Å². The minimum Gasteiger partial charge on any atom is -0.363 e. The number of benzene rings is 2. The third-order valence-electron chi connectivity index (χ3n) is 3.59. The molecule has 0 unspecified atom stereocenters. The second-order valence-corrected chi connectivity index (χ2v) is 5.25. The fourth-order valence-electron chi connectivity index (χ4n) is 2.58. The van der Waals surface area contributed by atoms with Crippen molar-refractivity contribution in [1.29, 1.82) is 0 Å². The molecule has 0 bridgehead atoms. The minimum absolute atomic E-state index is 0.0596. The quantitative estimate of drug-likeness (QED) is 0.786. The summed E-state index contributed by atoms with van der Waals surface area (Å²) in [5.74, 6) is -0.793. The van der Waals surface area contributed by atoms with Crippen LogP contribution in [0.1, 0.15) is 21.7 Å². The van der Waals surface area contributed by atoms with E-state index in [1.165, 1.54) is 4.57 Å². The van der Waals surface area contributed by atoms with Crippen molar-refractivity contribution in [3.63, 3.8) is 0 Å². The van der Waals surface area contributed by atoms with Gasteiger partial charge in [-0.15, -0.1) is 0 Å². The van der Waals surface area contributed by atoms with Gasteiger partial charge in [0, 0.05) is 0 Å². The second kappa shape index (κ2) is 5.11. The van der Waals surface area contributed by atoms with Crippen LogP contribution < -0.4 is 11.3 Å². The Morgan fingerprint density at radius 2 is 1.86 bits per heavy atom. The Bertz CT molecular complexity index is 958. The van der Waals surface area contributed by atoms with Gasteiger partial charge in [0.05, 0.1) is 16.6 Å². The van der Waals surface area contributed by atoms with E-state index in [0.717, 1.165) is 11.1 Å². The highest BCUT2D eigenvalue weighted by molar-refractivity contribution is 5.92. The van der Waals surface area contributed by atoms with Crippen molar-refractivity contribution in [3.8, 4) is 5.69 Å². The molecule has 1 heterocycles. The van der Waals surface area contributed by atoms with Crippen LogP contribution in [0.3, 0.4) is 0 Å². The summed E-state index contributed by atoms with van der Waals surface area (Å²) in [7, 11) is 0. The molecule has 3 rings (SSSR count). The number of hydrogen-bond donors (Lipinski definition) is 1. The van der Waals surface area contributed by atoms with Crippen LogP contribution in [0.25, 0.3) is 16.6 Å². The molecule has 0 aliphatic carbocycles. The van der Waals surface area contributed by atoms with Crippen molar-refractivity contribution in [1.82, 2.24) is 9.55 Å². The number of rotatable bonds is 2. The fourth-order valence-corrected chi connectivity index (χ4v) is 2.58. The van der Waals surface area contributed by atoms with E-state index in [4.69, 9.17) is 5.73 Å². The van der Waals surface area contributed by atoms with Gasteiger partial charge in [-0.1, -0.05) is 29.8 Å². The third kappa shape index (κ3) is 2.16. The van der Waals surface area contributed by atoms with E-state index in [-0.39, 0.29) is 11.4 Å². The maximum absolute atomic E-state index is 12.8. The lowest BCUT2D eigenvalue weighted by atomic mass is 10.1. The predicted octanol–water partition coefficient (Wildman–Crippen LogP) is 2.10. The first-order valence-electron chi connectivity index (χ1n) is 6.88. The summed E-state index contributed by atoms with van der Waals surface area (Å²) < 4.78 is 1.29. The zero-order valence-electron chi connectivity index (χ0n) is 12.3. The highest BCUT2D eigenvalue weighted by Crippen LogP contribution is 2.17. The van der Waals surface area contributed by atoms with Crippen LogP contribution in [-0.2, 0) is 0 Å². The molecule has 2 aromatic carbocycles. The van der Waals surface area contributed by atoms with Gasteiger partial charge >= 0.3 is 0 Å². The molecule has 1 aromatic heterocycles. The van der Waals surface area contributed by atoms with Gasteiger partial charge in [0.2, 0.25) is 5.82 Å². The first kappa shape index (κ1) is 14.0. The Labute approximate surface area is 127 Å². The lowest BCUT2D eigenvalue weighted by molar-refractivity contribution is 0.0988. The van der Waals surface area contributed by atoms with Crippen LogP contribution in [0, 0.1) is 13.8 Å². The molecule has 5 heteroatoms. The Hall–Kier alpha value is -2.95. The standard InChI is InChI=1S/C17H15N3O2/c1-10-7-8-14(11(2)9-10)20-16(15(18)21)19-13-6-4-3-5-12(13)17(20)22/h3-9H,1-2H3,(H2,18,21). The topological polar surface area (TPSA) is 78.0 Å². The molecule has 2 N–H and O–H groups in total. The van der Waals surface area contributed by atoms with Gasteiger partial charge in [-0.05, 0) is 37.6 Å². The van der Waals surface area contributed by atoms with E-state index in [9.17, 15) is 9.59 Å². The van der Waals surface area contributed by atoms with E-state index in [2.05, 4.69) is 4.98 Å². The zero-order valence-corrected chi connectivity index (χ0v) is 12.3. The van der Waals surface area contributed by atoms with E-state index in [1.807, 2.05) is 26.0 Å². The Morgan fingerprint density at radius 1 is 1.14 bits per heavy atom. The van der Waals surface area contributed by atoms with Crippen molar-refractivity contribution >= 4 is 16.8 Å². The van der Waals surface area contributed by atoms with Crippen LogP contribution in [-0.4, -0.2) is 15.5 Å². The molecule has 0 saturated carbocycles. The normalized spacial score (nSPS) is 10.8. The molecule has 0 fully saturated rings. The average Bonchev–Trinajstić information content (AvgIpc) is 2.48. The summed E-state index contributed by atoms with van der Waals surface area (Å²) in [6, 6.07) is 12.5. The number of aromatic nitrogens is 2. The molecule has 3 aromatic rings. The fraction of sp³-hybridized carbons (Fsp3) is 0.118. The smallest absolute Gasteiger partial charge is 0.285 e. The van der Waals surface area contributed by atoms with Crippen LogP contribution in [0.2, 0.25) is 0 Å². The largest absolute Gasteiger partial charge is 0.363 e. The maximum atomic E-state index is 12.8. The molecule has 0 spiro atoms. The third-order valence-corrected chi connectivity index (χ3v) is 3.59. The number of aryl methyl sites for hydroxylation is 2. The first-order chi connectivity index (χ1) is 10.5. The van der Waals surface area contributed by atoms with Crippen molar-refractivity contribution in [2.45, 2.75) is 13.8 Å². The highest BCUT2D eigenvalue weighted by Gasteiger charge is 2.17. The number of nitrogens with zero attached hydrogens (tertiary/aromatic N) is 2. The van der Waals surface area contributed by atoms with E-state index >= 15 is 0 Å². The number of carbonyl (C=O) groups is 1. The Morgan fingerprint density at radius 3 is 2.55 bits per heavy atom. The molecule has 1 amide bonds. The lowest BCUT2D eigenvalue weighted by Gasteiger charge is -2.14. The number of amides is 1.